The van der Waals surface area contributed by atoms with Crippen molar-refractivity contribution in [2.45, 2.75) is 59.2 Å². The van der Waals surface area contributed by atoms with Crippen LogP contribution in [0.3, 0.4) is 0 Å². The number of hydrogen-bond donors (Lipinski definition) is 3. The van der Waals surface area contributed by atoms with Gasteiger partial charge in [-0.05, 0) is 51.8 Å². The lowest BCUT2D eigenvalue weighted by atomic mass is 10.0. The Hall–Kier alpha value is -2.57. The first kappa shape index (κ1) is 22.5. The summed E-state index contributed by atoms with van der Waals surface area (Å²) >= 11 is 0. The summed E-state index contributed by atoms with van der Waals surface area (Å²) in [5.74, 6) is -0.321. The molecular weight excluding hydrogens is 344 g/mol. The molecule has 0 atom stereocenters. The zero-order valence-corrected chi connectivity index (χ0v) is 17.2. The Morgan fingerprint density at radius 2 is 1.67 bits per heavy atom. The van der Waals surface area contributed by atoms with E-state index >= 15 is 0 Å². The summed E-state index contributed by atoms with van der Waals surface area (Å²) in [6.45, 7) is 10.0. The van der Waals surface area contributed by atoms with E-state index in [4.69, 9.17) is 0 Å². The van der Waals surface area contributed by atoms with Crippen molar-refractivity contribution in [1.82, 2.24) is 20.9 Å². The molecule has 0 fully saturated rings. The van der Waals surface area contributed by atoms with Crippen LogP contribution < -0.4 is 16.0 Å². The highest BCUT2D eigenvalue weighted by molar-refractivity contribution is 5.94. The SMILES string of the molecule is CCCNC(=O)NC(C)(C)C(=O)NCc1ccc(C(=O)N(C)C(C)C)cc1. The van der Waals surface area contributed by atoms with Gasteiger partial charge in [0.2, 0.25) is 5.91 Å². The number of carbonyl (C=O) groups excluding carboxylic acids is 3. The molecule has 27 heavy (non-hydrogen) atoms. The minimum absolute atomic E-state index is 0.0380. The van der Waals surface area contributed by atoms with Crippen molar-refractivity contribution in [2.24, 2.45) is 0 Å². The quantitative estimate of drug-likeness (QED) is 0.650. The molecule has 0 aromatic heterocycles. The van der Waals surface area contributed by atoms with Gasteiger partial charge in [0.25, 0.3) is 5.91 Å². The van der Waals surface area contributed by atoms with Gasteiger partial charge in [0.05, 0.1) is 0 Å². The van der Waals surface area contributed by atoms with Gasteiger partial charge in [0.1, 0.15) is 5.54 Å². The second-order valence-corrected chi connectivity index (χ2v) is 7.40. The molecule has 0 heterocycles. The molecule has 3 N–H and O–H groups in total. The van der Waals surface area contributed by atoms with Gasteiger partial charge in [-0.15, -0.1) is 0 Å². The molecule has 0 spiro atoms. The maximum Gasteiger partial charge on any atom is 0.315 e. The lowest BCUT2D eigenvalue weighted by Gasteiger charge is -2.25. The number of rotatable bonds is 8. The van der Waals surface area contributed by atoms with E-state index in [1.54, 1.807) is 37.9 Å². The Morgan fingerprint density at radius 1 is 1.07 bits per heavy atom. The fourth-order valence-electron chi connectivity index (χ4n) is 2.23. The Labute approximate surface area is 161 Å². The summed E-state index contributed by atoms with van der Waals surface area (Å²) in [6, 6.07) is 6.90. The Bertz CT molecular complexity index is 654. The molecule has 1 aromatic rings. The van der Waals surface area contributed by atoms with Crippen molar-refractivity contribution in [3.8, 4) is 0 Å². The Kier molecular flexibility index (Phi) is 8.28. The summed E-state index contributed by atoms with van der Waals surface area (Å²) in [6.07, 6.45) is 0.825. The molecule has 0 unspecified atom stereocenters. The first-order valence-corrected chi connectivity index (χ1v) is 9.29. The van der Waals surface area contributed by atoms with Crippen LogP contribution in [0.4, 0.5) is 4.79 Å². The molecule has 0 aliphatic rings. The van der Waals surface area contributed by atoms with E-state index in [0.717, 1.165) is 12.0 Å². The third-order valence-corrected chi connectivity index (χ3v) is 4.28. The molecule has 0 radical (unpaired) electrons. The highest BCUT2D eigenvalue weighted by Crippen LogP contribution is 2.10. The Balaban J connectivity index is 2.61. The van der Waals surface area contributed by atoms with Crippen LogP contribution in [0.5, 0.6) is 0 Å². The van der Waals surface area contributed by atoms with Crippen molar-refractivity contribution >= 4 is 17.8 Å². The fraction of sp³-hybridized carbons (Fsp3) is 0.550. The predicted octanol–water partition coefficient (Wildman–Crippen LogP) is 2.27. The van der Waals surface area contributed by atoms with Crippen molar-refractivity contribution in [2.75, 3.05) is 13.6 Å². The molecule has 150 valence electrons. The van der Waals surface area contributed by atoms with Gasteiger partial charge in [0, 0.05) is 31.7 Å². The van der Waals surface area contributed by atoms with Gasteiger partial charge in [-0.3, -0.25) is 9.59 Å². The number of nitrogens with one attached hydrogen (secondary N) is 3. The molecule has 1 rings (SSSR count). The van der Waals surface area contributed by atoms with E-state index in [-0.39, 0.29) is 23.9 Å². The van der Waals surface area contributed by atoms with E-state index < -0.39 is 5.54 Å². The van der Waals surface area contributed by atoms with Gasteiger partial charge in [-0.25, -0.2) is 4.79 Å². The lowest BCUT2D eigenvalue weighted by Crippen LogP contribution is -2.57. The number of urea groups is 1. The topological polar surface area (TPSA) is 90.5 Å². The highest BCUT2D eigenvalue weighted by Gasteiger charge is 2.29. The minimum Gasteiger partial charge on any atom is -0.350 e. The third-order valence-electron chi connectivity index (χ3n) is 4.28. The number of amides is 4. The normalized spacial score (nSPS) is 11.1. The molecule has 7 nitrogen and oxygen atoms in total. The maximum absolute atomic E-state index is 12.4. The van der Waals surface area contributed by atoms with E-state index in [1.165, 1.54) is 0 Å². The van der Waals surface area contributed by atoms with Crippen LogP contribution in [0, 0.1) is 0 Å². The average molecular weight is 377 g/mol. The zero-order chi connectivity index (χ0) is 20.6. The molecule has 0 aliphatic heterocycles. The van der Waals surface area contributed by atoms with E-state index in [9.17, 15) is 14.4 Å². The van der Waals surface area contributed by atoms with E-state index in [1.807, 2.05) is 32.9 Å². The lowest BCUT2D eigenvalue weighted by molar-refractivity contribution is -0.126. The number of benzene rings is 1. The molecule has 4 amide bonds. The number of hydrogen-bond acceptors (Lipinski definition) is 3. The molecular formula is C20H32N4O3. The standard InChI is InChI=1S/C20H32N4O3/c1-7-12-21-19(27)23-20(4,5)18(26)22-13-15-8-10-16(11-9-15)17(25)24(6)14(2)3/h8-11,14H,7,12-13H2,1-6H3,(H,22,26)(H2,21,23,27). The fourth-order valence-corrected chi connectivity index (χ4v) is 2.23. The van der Waals surface area contributed by atoms with Gasteiger partial charge < -0.3 is 20.9 Å². The molecule has 0 aliphatic carbocycles. The van der Waals surface area contributed by atoms with Gasteiger partial charge >= 0.3 is 6.03 Å². The largest absolute Gasteiger partial charge is 0.350 e. The summed E-state index contributed by atoms with van der Waals surface area (Å²) in [5.41, 5.74) is 0.447. The molecule has 0 saturated heterocycles. The first-order chi connectivity index (χ1) is 12.6. The van der Waals surface area contributed by atoms with Gasteiger partial charge in [-0.1, -0.05) is 19.1 Å². The van der Waals surface area contributed by atoms with Crippen LogP contribution in [-0.2, 0) is 11.3 Å². The van der Waals surface area contributed by atoms with Crippen LogP contribution in [-0.4, -0.2) is 47.9 Å². The van der Waals surface area contributed by atoms with Crippen molar-refractivity contribution < 1.29 is 14.4 Å². The summed E-state index contributed by atoms with van der Waals surface area (Å²) < 4.78 is 0. The van der Waals surface area contributed by atoms with Crippen molar-refractivity contribution in [1.29, 1.82) is 0 Å². The second kappa shape index (κ2) is 9.94. The zero-order valence-electron chi connectivity index (χ0n) is 17.2. The molecule has 0 saturated carbocycles. The molecule has 1 aromatic carbocycles. The van der Waals surface area contributed by atoms with E-state index in [0.29, 0.717) is 18.7 Å². The van der Waals surface area contributed by atoms with Crippen molar-refractivity contribution in [3.63, 3.8) is 0 Å². The van der Waals surface area contributed by atoms with Crippen molar-refractivity contribution in [3.05, 3.63) is 35.4 Å². The summed E-state index contributed by atoms with van der Waals surface area (Å²) in [7, 11) is 1.77. The Morgan fingerprint density at radius 3 is 2.19 bits per heavy atom. The minimum atomic E-state index is -1.03. The average Bonchev–Trinajstić information content (AvgIpc) is 2.63. The van der Waals surface area contributed by atoms with Gasteiger partial charge in [0.15, 0.2) is 0 Å². The molecule has 0 bridgehead atoms. The van der Waals surface area contributed by atoms with Crippen LogP contribution in [0.15, 0.2) is 24.3 Å². The monoisotopic (exact) mass is 376 g/mol. The first-order valence-electron chi connectivity index (χ1n) is 9.29. The van der Waals surface area contributed by atoms with Crippen LogP contribution in [0.1, 0.15) is 57.0 Å². The summed E-state index contributed by atoms with van der Waals surface area (Å²) in [4.78, 5) is 38.1. The highest BCUT2D eigenvalue weighted by atomic mass is 16.2. The number of carbonyl (C=O) groups is 3. The van der Waals surface area contributed by atoms with E-state index in [2.05, 4.69) is 16.0 Å². The predicted molar refractivity (Wildman–Crippen MR) is 106 cm³/mol. The van der Waals surface area contributed by atoms with Gasteiger partial charge in [-0.2, -0.15) is 0 Å². The second-order valence-electron chi connectivity index (χ2n) is 7.40. The third kappa shape index (κ3) is 6.92. The summed E-state index contributed by atoms with van der Waals surface area (Å²) in [5, 5.41) is 8.16. The van der Waals surface area contributed by atoms with Crippen LogP contribution >= 0.6 is 0 Å². The number of nitrogens with zero attached hydrogens (tertiary/aromatic N) is 1. The molecule has 7 heteroatoms. The maximum atomic E-state index is 12.4. The van der Waals surface area contributed by atoms with Crippen LogP contribution in [0.25, 0.3) is 0 Å². The van der Waals surface area contributed by atoms with Crippen LogP contribution in [0.2, 0.25) is 0 Å². The smallest absolute Gasteiger partial charge is 0.315 e.